The third-order valence-corrected chi connectivity index (χ3v) is 12.6. The van der Waals surface area contributed by atoms with Gasteiger partial charge in [0.1, 0.15) is 6.54 Å². The van der Waals surface area contributed by atoms with Gasteiger partial charge in [-0.05, 0) is 72.1 Å². The van der Waals surface area contributed by atoms with Crippen molar-refractivity contribution in [2.24, 2.45) is 11.8 Å². The van der Waals surface area contributed by atoms with Gasteiger partial charge in [0.05, 0.1) is 23.5 Å². The van der Waals surface area contributed by atoms with Crippen LogP contribution in [0.15, 0.2) is 141 Å². The first kappa shape index (κ1) is 37.2. The normalized spacial score (nSPS) is 27.7. The predicted molar refractivity (Wildman–Crippen MR) is 205 cm³/mol. The minimum absolute atomic E-state index is 0. The first-order valence-corrected chi connectivity index (χ1v) is 20.9. The SMILES string of the molecule is O=S(=O)(O)CCCCN1/C(=C/C=C2\CCC(/C=C/C3=[N+](CCCCS(=O)(=O)O)C4C=CC=C5C=CC=C3C54)=C2Cl)C2=CC=CC3=CC=CC1C32.[NH4+]. The molecule has 2 heterocycles. The molecule has 0 aromatic heterocycles. The fourth-order valence-corrected chi connectivity index (χ4v) is 9.75. The van der Waals surface area contributed by atoms with Crippen LogP contribution in [0.3, 0.4) is 0 Å². The van der Waals surface area contributed by atoms with Gasteiger partial charge in [-0.15, -0.1) is 0 Å². The van der Waals surface area contributed by atoms with Crippen molar-refractivity contribution in [3.05, 3.63) is 141 Å². The predicted octanol–water partition coefficient (Wildman–Crippen LogP) is 7.09. The maximum atomic E-state index is 11.3. The zero-order valence-electron chi connectivity index (χ0n) is 28.7. The first-order chi connectivity index (χ1) is 24.0. The summed E-state index contributed by atoms with van der Waals surface area (Å²) >= 11 is 7.07. The van der Waals surface area contributed by atoms with Gasteiger partial charge in [-0.2, -0.15) is 16.8 Å². The van der Waals surface area contributed by atoms with Crippen molar-refractivity contribution >= 4 is 37.5 Å². The first-order valence-electron chi connectivity index (χ1n) is 17.3. The molecule has 5 aliphatic carbocycles. The highest BCUT2D eigenvalue weighted by Crippen LogP contribution is 2.47. The van der Waals surface area contributed by atoms with Gasteiger partial charge in [-0.1, -0.05) is 90.6 Å². The molecule has 2 aliphatic heterocycles. The molecule has 4 atom stereocenters. The number of hydrogen-bond acceptors (Lipinski definition) is 5. The summed E-state index contributed by atoms with van der Waals surface area (Å²) in [4.78, 5) is 2.35. The van der Waals surface area contributed by atoms with Gasteiger partial charge in [-0.3, -0.25) is 9.11 Å². The third kappa shape index (κ3) is 7.94. The summed E-state index contributed by atoms with van der Waals surface area (Å²) in [5.41, 5.74) is 9.36. The van der Waals surface area contributed by atoms with Crippen molar-refractivity contribution in [2.45, 2.75) is 50.6 Å². The van der Waals surface area contributed by atoms with Gasteiger partial charge in [-0.25, -0.2) is 4.58 Å². The van der Waals surface area contributed by atoms with Gasteiger partial charge in [0.25, 0.3) is 20.2 Å². The van der Waals surface area contributed by atoms with Gasteiger partial charge >= 0.3 is 0 Å². The van der Waals surface area contributed by atoms with Crippen molar-refractivity contribution in [1.82, 2.24) is 11.1 Å². The number of hydrogen-bond donors (Lipinski definition) is 3. The van der Waals surface area contributed by atoms with Crippen LogP contribution in [0.2, 0.25) is 0 Å². The van der Waals surface area contributed by atoms with Gasteiger partial charge in [0.2, 0.25) is 5.71 Å². The van der Waals surface area contributed by atoms with E-state index in [4.69, 9.17) is 11.6 Å². The van der Waals surface area contributed by atoms with Crippen molar-refractivity contribution in [3.63, 3.8) is 0 Å². The van der Waals surface area contributed by atoms with Gasteiger partial charge in [0.15, 0.2) is 6.04 Å². The van der Waals surface area contributed by atoms with Crippen LogP contribution in [0, 0.1) is 11.8 Å². The van der Waals surface area contributed by atoms with Gasteiger partial charge < -0.3 is 11.1 Å². The Hall–Kier alpha value is -3.58. The molecule has 0 spiro atoms. The molecular weight excluding hydrogens is 706 g/mol. The zero-order chi connectivity index (χ0) is 35.0. The van der Waals surface area contributed by atoms with E-state index < -0.39 is 20.2 Å². The summed E-state index contributed by atoms with van der Waals surface area (Å²) in [5.74, 6) is -0.0352. The summed E-state index contributed by atoms with van der Waals surface area (Å²) in [6, 6.07) is 0.291. The monoisotopic (exact) mass is 751 g/mol. The Balaban J connectivity index is 0.00000448. The lowest BCUT2D eigenvalue weighted by Crippen LogP contribution is -2.33. The van der Waals surface area contributed by atoms with Crippen LogP contribution >= 0.6 is 11.6 Å². The molecule has 0 radical (unpaired) electrons. The number of halogens is 1. The van der Waals surface area contributed by atoms with E-state index in [0.29, 0.717) is 38.8 Å². The maximum Gasteiger partial charge on any atom is 0.264 e. The summed E-state index contributed by atoms with van der Waals surface area (Å²) in [5, 5.41) is 0.750. The van der Waals surface area contributed by atoms with E-state index in [2.05, 4.69) is 107 Å². The number of nitrogens with zero attached hydrogens (tertiary/aromatic N) is 2. The summed E-state index contributed by atoms with van der Waals surface area (Å²) in [6.45, 7) is 1.34. The van der Waals surface area contributed by atoms with Crippen molar-refractivity contribution in [1.29, 1.82) is 0 Å². The Morgan fingerprint density at radius 1 is 0.784 bits per heavy atom. The molecule has 7 rings (SSSR count). The van der Waals surface area contributed by atoms with E-state index in [0.717, 1.165) is 40.4 Å². The van der Waals surface area contributed by atoms with E-state index in [1.54, 1.807) is 0 Å². The molecule has 0 aromatic carbocycles. The lowest BCUT2D eigenvalue weighted by atomic mass is 9.80. The standard InChI is InChI=1S/C39H41ClN2O6S2.H3N/c40-39-29(19-21-33-31-13-5-9-27-11-7-15-35(37(27)31)41(33)23-1-3-25-49(43,44)45)17-18-30(39)20-22-34-32-14-6-10-28-12-8-16-36(38(28)32)42(34)24-2-4-26-50(46,47)48;/h5-16,19-22,35-38H,1-4,17-18,23-26H2,(H-,43,44,45,46,47,48);1H3/p+2. The highest BCUT2D eigenvalue weighted by molar-refractivity contribution is 7.86. The fraction of sp³-hybridized carbons (Fsp3) is 0.359. The van der Waals surface area contributed by atoms with Crippen molar-refractivity contribution in [2.75, 3.05) is 24.6 Å². The summed E-state index contributed by atoms with van der Waals surface area (Å²) in [6.07, 6.45) is 38.0. The van der Waals surface area contributed by atoms with Crippen LogP contribution in [0.25, 0.3) is 0 Å². The van der Waals surface area contributed by atoms with Crippen LogP contribution in [0.4, 0.5) is 0 Å². The number of quaternary nitrogens is 1. The Labute approximate surface area is 306 Å². The fourth-order valence-electron chi connectivity index (χ4n) is 8.30. The molecule has 7 aliphatic rings. The molecule has 0 bridgehead atoms. The molecule has 4 unspecified atom stereocenters. The molecule has 1 saturated heterocycles. The molecule has 6 N–H and O–H groups in total. The lowest BCUT2D eigenvalue weighted by molar-refractivity contribution is -0.551. The largest absolute Gasteiger partial charge is 0.369 e. The van der Waals surface area contributed by atoms with E-state index >= 15 is 0 Å². The number of likely N-dealkylation sites (tertiary alicyclic amines) is 1. The van der Waals surface area contributed by atoms with Crippen molar-refractivity contribution < 1.29 is 30.5 Å². The second-order valence-electron chi connectivity index (χ2n) is 13.7. The van der Waals surface area contributed by atoms with Crippen LogP contribution in [0.1, 0.15) is 38.5 Å². The second-order valence-corrected chi connectivity index (χ2v) is 17.2. The molecule has 270 valence electrons. The van der Waals surface area contributed by atoms with Crippen LogP contribution in [-0.4, -0.2) is 77.8 Å². The molecule has 12 heteroatoms. The molecular formula is C39H46ClN3O6S2+2. The molecule has 1 fully saturated rings. The lowest BCUT2D eigenvalue weighted by Gasteiger charge is -2.29. The van der Waals surface area contributed by atoms with Crippen LogP contribution in [0.5, 0.6) is 0 Å². The van der Waals surface area contributed by atoms with Crippen LogP contribution in [-0.2, 0) is 20.2 Å². The smallest absolute Gasteiger partial charge is 0.264 e. The number of unbranched alkanes of at least 4 members (excludes halogenated alkanes) is 2. The quantitative estimate of drug-likeness (QED) is 0.103. The summed E-state index contributed by atoms with van der Waals surface area (Å²) in [7, 11) is -7.99. The molecule has 0 saturated carbocycles. The highest BCUT2D eigenvalue weighted by atomic mass is 35.5. The minimum atomic E-state index is -3.99. The number of rotatable bonds is 13. The second kappa shape index (κ2) is 15.2. The topological polar surface area (TPSA) is 151 Å². The Morgan fingerprint density at radius 3 is 2.18 bits per heavy atom. The molecule has 0 aromatic rings. The Kier molecular flexibility index (Phi) is 11.1. The summed E-state index contributed by atoms with van der Waals surface area (Å²) < 4.78 is 66.1. The zero-order valence-corrected chi connectivity index (χ0v) is 31.1. The Bertz CT molecular complexity index is 2110. The number of allylic oxidation sites excluding steroid dienone is 18. The molecule has 51 heavy (non-hydrogen) atoms. The van der Waals surface area contributed by atoms with E-state index in [-0.39, 0.29) is 41.6 Å². The maximum absolute atomic E-state index is 11.3. The molecule has 9 nitrogen and oxygen atoms in total. The third-order valence-electron chi connectivity index (χ3n) is 10.5. The van der Waals surface area contributed by atoms with E-state index in [1.807, 2.05) is 0 Å². The van der Waals surface area contributed by atoms with Crippen molar-refractivity contribution in [3.8, 4) is 0 Å². The average Bonchev–Trinajstić information content (AvgIpc) is 3.69. The molecule has 0 amide bonds. The van der Waals surface area contributed by atoms with E-state index in [9.17, 15) is 25.9 Å². The van der Waals surface area contributed by atoms with Crippen LogP contribution < -0.4 is 6.15 Å². The minimum Gasteiger partial charge on any atom is -0.369 e. The van der Waals surface area contributed by atoms with Gasteiger partial charge in [0, 0.05) is 41.3 Å². The highest BCUT2D eigenvalue weighted by Gasteiger charge is 2.46. The average molecular weight is 752 g/mol. The van der Waals surface area contributed by atoms with E-state index in [1.165, 1.54) is 22.3 Å². The Morgan fingerprint density at radius 2 is 1.45 bits per heavy atom.